The van der Waals surface area contributed by atoms with E-state index >= 15 is 0 Å². The minimum absolute atomic E-state index is 0.0813. The normalized spacial score (nSPS) is 17.7. The number of aliphatic hydroxyl groups is 1. The van der Waals surface area contributed by atoms with Gasteiger partial charge in [-0.3, -0.25) is 9.59 Å². The van der Waals surface area contributed by atoms with E-state index in [4.69, 9.17) is 9.47 Å². The summed E-state index contributed by atoms with van der Waals surface area (Å²) in [6.07, 6.45) is 0. The second-order valence-corrected chi connectivity index (χ2v) is 9.03. The van der Waals surface area contributed by atoms with E-state index in [9.17, 15) is 14.7 Å². The average Bonchev–Trinajstić information content (AvgIpc) is 3.29. The largest absolute Gasteiger partial charge is 0.507 e. The number of hydrogen-bond donors (Lipinski definition) is 2. The Labute approximate surface area is 205 Å². The number of Topliss-reactive ketones (excluding diaryl/α,β-unsaturated/α-hetero) is 1. The molecule has 1 unspecified atom stereocenters. The molecule has 0 spiro atoms. The van der Waals surface area contributed by atoms with Crippen molar-refractivity contribution in [2.45, 2.75) is 39.7 Å². The number of benzene rings is 2. The zero-order chi connectivity index (χ0) is 25.3. The molecule has 7 heteroatoms. The number of ether oxygens (including phenoxy) is 2. The summed E-state index contributed by atoms with van der Waals surface area (Å²) < 4.78 is 11.0. The van der Waals surface area contributed by atoms with Gasteiger partial charge in [-0.25, -0.2) is 0 Å². The zero-order valence-electron chi connectivity index (χ0n) is 20.8. The van der Waals surface area contributed by atoms with E-state index in [2.05, 4.69) is 4.98 Å². The molecule has 2 aromatic carbocycles. The molecule has 7 nitrogen and oxygen atoms in total. The van der Waals surface area contributed by atoms with Crippen molar-refractivity contribution < 1.29 is 24.2 Å². The molecule has 35 heavy (non-hydrogen) atoms. The summed E-state index contributed by atoms with van der Waals surface area (Å²) in [4.78, 5) is 31.4. The van der Waals surface area contributed by atoms with Gasteiger partial charge in [-0.2, -0.15) is 0 Å². The van der Waals surface area contributed by atoms with E-state index in [-0.39, 0.29) is 30.4 Å². The molecule has 1 atom stereocenters. The van der Waals surface area contributed by atoms with Gasteiger partial charge in [0.05, 0.1) is 24.8 Å². The Kier molecular flexibility index (Phi) is 6.98. The number of nitrogens with zero attached hydrogens (tertiary/aromatic N) is 1. The molecule has 3 aromatic rings. The second-order valence-electron chi connectivity index (χ2n) is 9.03. The first-order valence-electron chi connectivity index (χ1n) is 11.9. The van der Waals surface area contributed by atoms with Crippen LogP contribution in [-0.2, 0) is 14.3 Å². The van der Waals surface area contributed by atoms with E-state index in [1.54, 1.807) is 19.2 Å². The molecule has 0 radical (unpaired) electrons. The molecular formula is C28H32N2O5. The first-order valence-corrected chi connectivity index (χ1v) is 11.9. The lowest BCUT2D eigenvalue weighted by atomic mass is 9.92. The van der Waals surface area contributed by atoms with Crippen molar-refractivity contribution in [3.8, 4) is 5.75 Å². The smallest absolute Gasteiger partial charge is 0.295 e. The maximum atomic E-state index is 13.4. The van der Waals surface area contributed by atoms with Crippen molar-refractivity contribution in [1.82, 2.24) is 9.88 Å². The third-order valence-corrected chi connectivity index (χ3v) is 6.50. The van der Waals surface area contributed by atoms with Crippen LogP contribution < -0.4 is 4.74 Å². The van der Waals surface area contributed by atoms with Gasteiger partial charge < -0.3 is 24.5 Å². The van der Waals surface area contributed by atoms with Gasteiger partial charge in [0.2, 0.25) is 0 Å². The number of nitrogens with one attached hydrogen (secondary N) is 1. The monoisotopic (exact) mass is 476 g/mol. The number of aryl methyl sites for hydroxylation is 1. The Bertz CT molecular complexity index is 1300. The molecule has 0 aliphatic carbocycles. The Morgan fingerprint density at radius 1 is 1.17 bits per heavy atom. The van der Waals surface area contributed by atoms with Crippen LogP contribution in [0.5, 0.6) is 5.75 Å². The number of fused-ring (bicyclic) bond motifs is 1. The maximum Gasteiger partial charge on any atom is 0.295 e. The summed E-state index contributed by atoms with van der Waals surface area (Å²) in [6, 6.07) is 12.4. The molecule has 1 fully saturated rings. The number of likely N-dealkylation sites (tertiary alicyclic amines) is 1. The van der Waals surface area contributed by atoms with Crippen molar-refractivity contribution in [3.05, 3.63) is 70.4 Å². The minimum Gasteiger partial charge on any atom is -0.507 e. The number of aromatic nitrogens is 1. The van der Waals surface area contributed by atoms with Crippen molar-refractivity contribution >= 4 is 28.4 Å². The summed E-state index contributed by atoms with van der Waals surface area (Å²) in [5.41, 5.74) is 4.01. The van der Waals surface area contributed by atoms with Crippen molar-refractivity contribution in [2.75, 3.05) is 26.9 Å². The highest BCUT2D eigenvalue weighted by atomic mass is 16.5. The van der Waals surface area contributed by atoms with Crippen molar-refractivity contribution in [1.29, 1.82) is 0 Å². The molecule has 2 N–H and O–H groups in total. The SMILES string of the molecule is CCOc1ccc(/C(O)=C2\C(=O)C(=O)N(CCOC)C2c2c(C)[nH]c3ccccc23)cc1C(C)C. The fraction of sp³-hybridized carbons (Fsp3) is 0.357. The van der Waals surface area contributed by atoms with Gasteiger partial charge in [-0.15, -0.1) is 0 Å². The van der Waals surface area contributed by atoms with E-state index < -0.39 is 17.7 Å². The molecule has 2 heterocycles. The Hall–Kier alpha value is -3.58. The van der Waals surface area contributed by atoms with Crippen LogP contribution in [0.2, 0.25) is 0 Å². The van der Waals surface area contributed by atoms with Gasteiger partial charge in [-0.1, -0.05) is 32.0 Å². The summed E-state index contributed by atoms with van der Waals surface area (Å²) in [5, 5.41) is 12.4. The van der Waals surface area contributed by atoms with Crippen LogP contribution in [0.25, 0.3) is 16.7 Å². The van der Waals surface area contributed by atoms with Crippen molar-refractivity contribution in [3.63, 3.8) is 0 Å². The summed E-state index contributed by atoms with van der Waals surface area (Å²) in [7, 11) is 1.55. The van der Waals surface area contributed by atoms with Gasteiger partial charge in [0.25, 0.3) is 11.7 Å². The molecule has 0 bridgehead atoms. The predicted octanol–water partition coefficient (Wildman–Crippen LogP) is 5.07. The van der Waals surface area contributed by atoms with Gasteiger partial charge >= 0.3 is 0 Å². The lowest BCUT2D eigenvalue weighted by molar-refractivity contribution is -0.140. The number of rotatable bonds is 8. The molecule has 0 saturated carbocycles. The topological polar surface area (TPSA) is 91.9 Å². The molecule has 1 aromatic heterocycles. The number of aromatic amines is 1. The number of hydrogen-bond acceptors (Lipinski definition) is 5. The highest BCUT2D eigenvalue weighted by Crippen LogP contribution is 2.43. The number of carbonyl (C=O) groups excluding carboxylic acids is 2. The van der Waals surface area contributed by atoms with Crippen LogP contribution >= 0.6 is 0 Å². The summed E-state index contributed by atoms with van der Waals surface area (Å²) in [6.45, 7) is 8.94. The van der Waals surface area contributed by atoms with E-state index in [0.717, 1.165) is 33.5 Å². The van der Waals surface area contributed by atoms with Crippen LogP contribution in [0.15, 0.2) is 48.0 Å². The molecular weight excluding hydrogens is 444 g/mol. The molecule has 1 amide bonds. The van der Waals surface area contributed by atoms with Gasteiger partial charge in [0, 0.05) is 41.4 Å². The first-order chi connectivity index (χ1) is 16.8. The fourth-order valence-corrected chi connectivity index (χ4v) is 4.84. The fourth-order valence-electron chi connectivity index (χ4n) is 4.84. The number of ketones is 1. The highest BCUT2D eigenvalue weighted by molar-refractivity contribution is 6.46. The average molecular weight is 477 g/mol. The lowest BCUT2D eigenvalue weighted by Gasteiger charge is -2.25. The third kappa shape index (κ3) is 4.32. The summed E-state index contributed by atoms with van der Waals surface area (Å²) in [5.74, 6) is -0.659. The van der Waals surface area contributed by atoms with Crippen LogP contribution in [0.3, 0.4) is 0 Å². The number of carbonyl (C=O) groups is 2. The van der Waals surface area contributed by atoms with Gasteiger partial charge in [-0.05, 0) is 49.6 Å². The van der Waals surface area contributed by atoms with Gasteiger partial charge in [0.1, 0.15) is 11.5 Å². The number of para-hydroxylation sites is 1. The maximum absolute atomic E-state index is 13.4. The van der Waals surface area contributed by atoms with Crippen molar-refractivity contribution in [2.24, 2.45) is 0 Å². The Balaban J connectivity index is 1.94. The van der Waals surface area contributed by atoms with E-state index in [1.807, 2.05) is 58.0 Å². The first kappa shape index (κ1) is 24.5. The number of aliphatic hydroxyl groups excluding tert-OH is 1. The van der Waals surface area contributed by atoms with E-state index in [1.165, 1.54) is 4.90 Å². The zero-order valence-corrected chi connectivity index (χ0v) is 20.8. The quantitative estimate of drug-likeness (QED) is 0.269. The van der Waals surface area contributed by atoms with Crippen LogP contribution in [0.4, 0.5) is 0 Å². The standard InChI is InChI=1S/C28H32N2O5/c1-6-35-22-12-11-18(15-20(22)16(2)3)26(31)24-25(30(13-14-34-5)28(33)27(24)32)23-17(4)29-21-10-8-7-9-19(21)23/h7-12,15-16,25,29,31H,6,13-14H2,1-5H3/b26-24+. The highest BCUT2D eigenvalue weighted by Gasteiger charge is 2.47. The lowest BCUT2D eigenvalue weighted by Crippen LogP contribution is -2.32. The molecule has 184 valence electrons. The molecule has 1 aliphatic heterocycles. The van der Waals surface area contributed by atoms with Crippen LogP contribution in [0, 0.1) is 6.92 Å². The summed E-state index contributed by atoms with van der Waals surface area (Å²) >= 11 is 0. The van der Waals surface area contributed by atoms with Crippen LogP contribution in [-0.4, -0.2) is 53.5 Å². The van der Waals surface area contributed by atoms with Gasteiger partial charge in [0.15, 0.2) is 0 Å². The van der Waals surface area contributed by atoms with E-state index in [0.29, 0.717) is 12.2 Å². The minimum atomic E-state index is -0.740. The Morgan fingerprint density at radius 2 is 1.91 bits per heavy atom. The third-order valence-electron chi connectivity index (χ3n) is 6.50. The number of H-pyrrole nitrogens is 1. The molecule has 4 rings (SSSR count). The Morgan fingerprint density at radius 3 is 2.60 bits per heavy atom. The van der Waals surface area contributed by atoms with Crippen LogP contribution in [0.1, 0.15) is 55.1 Å². The second kappa shape index (κ2) is 9.96. The molecule has 1 aliphatic rings. The predicted molar refractivity (Wildman–Crippen MR) is 136 cm³/mol. The molecule has 1 saturated heterocycles. The number of methoxy groups -OCH3 is 1. The number of amides is 1.